The molecule has 0 aromatic carbocycles. The highest BCUT2D eigenvalue weighted by Gasteiger charge is 2.42. The van der Waals surface area contributed by atoms with Gasteiger partial charge in [-0.05, 0) is 25.3 Å². The number of halogens is 2. The van der Waals surface area contributed by atoms with Gasteiger partial charge in [-0.25, -0.2) is 9.18 Å². The normalized spacial score (nSPS) is 25.9. The molecule has 1 heterocycles. The minimum Gasteiger partial charge on any atom is -0.449 e. The molecule has 3 aliphatic rings. The maximum Gasteiger partial charge on any atom is 0.511 e. The largest absolute Gasteiger partial charge is 0.511 e. The van der Waals surface area contributed by atoms with Crippen LogP contribution in [0.25, 0.3) is 0 Å². The lowest BCUT2D eigenvalue weighted by molar-refractivity contribution is -0.119. The van der Waals surface area contributed by atoms with E-state index in [9.17, 15) is 14.0 Å². The summed E-state index contributed by atoms with van der Waals surface area (Å²) in [4.78, 5) is 24.6. The zero-order chi connectivity index (χ0) is 15.3. The maximum atomic E-state index is 14.0. The van der Waals surface area contributed by atoms with Crippen molar-refractivity contribution in [2.45, 2.75) is 38.4 Å². The highest BCUT2D eigenvalue weighted by Crippen LogP contribution is 2.44. The molecule has 0 bridgehead atoms. The van der Waals surface area contributed by atoms with Crippen molar-refractivity contribution >= 4 is 23.5 Å². The fourth-order valence-corrected chi connectivity index (χ4v) is 2.90. The van der Waals surface area contributed by atoms with Crippen LogP contribution in [0.2, 0.25) is 0 Å². The summed E-state index contributed by atoms with van der Waals surface area (Å²) in [7, 11) is 0. The minimum atomic E-state index is -1.78. The topological polar surface area (TPSA) is 66.8 Å². The SMILES string of the molecule is CC1=C(Cl)C2=C(CC(OC(=O)O)=CN2C2CC2)C(=O)C1F. The summed E-state index contributed by atoms with van der Waals surface area (Å²) < 4.78 is 18.7. The Kier molecular flexibility index (Phi) is 3.28. The van der Waals surface area contributed by atoms with E-state index in [0.717, 1.165) is 12.8 Å². The number of hydrogen-bond acceptors (Lipinski definition) is 4. The molecule has 21 heavy (non-hydrogen) atoms. The molecule has 1 N–H and O–H groups in total. The van der Waals surface area contributed by atoms with Crippen molar-refractivity contribution < 1.29 is 23.8 Å². The van der Waals surface area contributed by atoms with Crippen LogP contribution in [0.3, 0.4) is 0 Å². The van der Waals surface area contributed by atoms with Gasteiger partial charge in [0.05, 0.1) is 10.7 Å². The van der Waals surface area contributed by atoms with Crippen LogP contribution in [-0.4, -0.2) is 34.2 Å². The van der Waals surface area contributed by atoms with E-state index < -0.39 is 18.1 Å². The van der Waals surface area contributed by atoms with Crippen LogP contribution in [0.1, 0.15) is 26.2 Å². The zero-order valence-electron chi connectivity index (χ0n) is 11.2. The lowest BCUT2D eigenvalue weighted by atomic mass is 9.89. The van der Waals surface area contributed by atoms with Gasteiger partial charge in [0.1, 0.15) is 5.76 Å². The predicted octanol–water partition coefficient (Wildman–Crippen LogP) is 3.08. The van der Waals surface area contributed by atoms with Crippen molar-refractivity contribution in [3.63, 3.8) is 0 Å². The van der Waals surface area contributed by atoms with E-state index >= 15 is 0 Å². The quantitative estimate of drug-likeness (QED) is 0.794. The van der Waals surface area contributed by atoms with Gasteiger partial charge in [-0.1, -0.05) is 11.6 Å². The molecule has 1 atom stereocenters. The number of allylic oxidation sites excluding steroid dienone is 3. The molecule has 1 aliphatic heterocycles. The third-order valence-electron chi connectivity index (χ3n) is 3.80. The molecule has 1 unspecified atom stereocenters. The molecule has 3 rings (SSSR count). The number of Topliss-reactive ketones (excluding diaryl/α,β-unsaturated/α-hetero) is 1. The van der Waals surface area contributed by atoms with Crippen LogP contribution in [0, 0.1) is 0 Å². The highest BCUT2D eigenvalue weighted by atomic mass is 35.5. The summed E-state index contributed by atoms with van der Waals surface area (Å²) in [6.07, 6.45) is 0.0638. The Morgan fingerprint density at radius 2 is 2.19 bits per heavy atom. The average molecular weight is 314 g/mol. The standard InChI is InChI=1S/C14H13ClFNO4/c1-6-10(15)12-9(13(18)11(6)16)4-8(21-14(19)20)5-17(12)7-2-3-7/h5,7,11H,2-4H2,1H3,(H,19,20). The molecule has 2 aliphatic carbocycles. The molecule has 5 nitrogen and oxygen atoms in total. The van der Waals surface area contributed by atoms with Crippen LogP contribution in [-0.2, 0) is 9.53 Å². The number of ether oxygens (including phenoxy) is 1. The average Bonchev–Trinajstić information content (AvgIpc) is 3.25. The minimum absolute atomic E-state index is 0.0619. The summed E-state index contributed by atoms with van der Waals surface area (Å²) in [6, 6.07) is 0.146. The molecule has 0 aromatic heterocycles. The molecule has 1 saturated carbocycles. The van der Waals surface area contributed by atoms with Crippen LogP contribution in [0.4, 0.5) is 9.18 Å². The molecule has 0 saturated heterocycles. The van der Waals surface area contributed by atoms with Gasteiger partial charge in [-0.2, -0.15) is 0 Å². The predicted molar refractivity (Wildman–Crippen MR) is 72.2 cm³/mol. The van der Waals surface area contributed by atoms with Gasteiger partial charge >= 0.3 is 6.16 Å². The van der Waals surface area contributed by atoms with Crippen molar-refractivity contribution in [2.75, 3.05) is 0 Å². The molecule has 0 aromatic rings. The first kappa shape index (κ1) is 14.1. The Hall–Kier alpha value is -1.82. The second-order valence-electron chi connectivity index (χ2n) is 5.33. The molecule has 0 spiro atoms. The van der Waals surface area contributed by atoms with Crippen LogP contribution >= 0.6 is 11.6 Å². The fourth-order valence-electron chi connectivity index (χ4n) is 2.59. The van der Waals surface area contributed by atoms with E-state index in [4.69, 9.17) is 16.7 Å². The molecule has 1 fully saturated rings. The van der Waals surface area contributed by atoms with Crippen molar-refractivity contribution in [3.8, 4) is 0 Å². The van der Waals surface area contributed by atoms with Gasteiger partial charge in [0.25, 0.3) is 0 Å². The van der Waals surface area contributed by atoms with Gasteiger partial charge in [0.15, 0.2) is 12.0 Å². The van der Waals surface area contributed by atoms with E-state index in [1.54, 1.807) is 11.1 Å². The van der Waals surface area contributed by atoms with Crippen molar-refractivity contribution in [2.24, 2.45) is 0 Å². The van der Waals surface area contributed by atoms with Gasteiger partial charge in [0.2, 0.25) is 0 Å². The summed E-state index contributed by atoms with van der Waals surface area (Å²) in [5.41, 5.74) is 0.874. The molecular formula is C14H13ClFNO4. The van der Waals surface area contributed by atoms with E-state index in [1.807, 2.05) is 0 Å². The Balaban J connectivity index is 2.04. The van der Waals surface area contributed by atoms with E-state index in [-0.39, 0.29) is 34.4 Å². The molecule has 0 amide bonds. The first-order valence-electron chi connectivity index (χ1n) is 6.58. The van der Waals surface area contributed by atoms with Gasteiger partial charge in [0, 0.05) is 24.2 Å². The highest BCUT2D eigenvalue weighted by molar-refractivity contribution is 6.34. The molecule has 0 radical (unpaired) electrons. The third-order valence-corrected chi connectivity index (χ3v) is 4.28. The Morgan fingerprint density at radius 1 is 1.52 bits per heavy atom. The maximum absolute atomic E-state index is 14.0. The Morgan fingerprint density at radius 3 is 2.76 bits per heavy atom. The zero-order valence-corrected chi connectivity index (χ0v) is 12.0. The van der Waals surface area contributed by atoms with Crippen LogP contribution in [0.15, 0.2) is 33.8 Å². The molecule has 112 valence electrons. The van der Waals surface area contributed by atoms with Crippen molar-refractivity contribution in [1.29, 1.82) is 0 Å². The second kappa shape index (κ2) is 4.87. The van der Waals surface area contributed by atoms with E-state index in [0.29, 0.717) is 5.70 Å². The van der Waals surface area contributed by atoms with Gasteiger partial charge in [-0.3, -0.25) is 4.79 Å². The monoisotopic (exact) mass is 313 g/mol. The first-order valence-corrected chi connectivity index (χ1v) is 6.95. The van der Waals surface area contributed by atoms with Crippen molar-refractivity contribution in [1.82, 2.24) is 4.90 Å². The Bertz CT molecular complexity index is 633. The fraction of sp³-hybridized carbons (Fsp3) is 0.429. The molecule has 7 heteroatoms. The lowest BCUT2D eigenvalue weighted by Crippen LogP contribution is -2.35. The second-order valence-corrected chi connectivity index (χ2v) is 5.71. The third kappa shape index (κ3) is 2.33. The number of nitrogens with zero attached hydrogens (tertiary/aromatic N) is 1. The van der Waals surface area contributed by atoms with E-state index in [2.05, 4.69) is 4.74 Å². The van der Waals surface area contributed by atoms with E-state index in [1.165, 1.54) is 6.92 Å². The summed E-state index contributed by atoms with van der Waals surface area (Å²) in [6.45, 7) is 1.49. The van der Waals surface area contributed by atoms with Gasteiger partial charge < -0.3 is 14.7 Å². The van der Waals surface area contributed by atoms with Crippen LogP contribution < -0.4 is 0 Å². The number of carbonyl (C=O) groups is 2. The summed E-state index contributed by atoms with van der Waals surface area (Å²) in [5.74, 6) is -0.560. The number of hydrogen-bond donors (Lipinski definition) is 1. The smallest absolute Gasteiger partial charge is 0.449 e. The lowest BCUT2D eigenvalue weighted by Gasteiger charge is -2.34. The summed E-state index contributed by atoms with van der Waals surface area (Å²) in [5, 5.41) is 8.95. The van der Waals surface area contributed by atoms with Gasteiger partial charge in [-0.15, -0.1) is 0 Å². The van der Waals surface area contributed by atoms with Crippen molar-refractivity contribution in [3.05, 3.63) is 33.8 Å². The number of ketones is 1. The molecular weight excluding hydrogens is 301 g/mol. The number of alkyl halides is 1. The first-order chi connectivity index (χ1) is 9.90. The number of carbonyl (C=O) groups excluding carboxylic acids is 1. The number of rotatable bonds is 2. The summed E-state index contributed by atoms with van der Waals surface area (Å²) >= 11 is 6.22. The van der Waals surface area contributed by atoms with Crippen LogP contribution in [0.5, 0.6) is 0 Å². The number of carboxylic acid groups (broad SMARTS) is 1. The Labute approximate surface area is 125 Å².